The van der Waals surface area contributed by atoms with E-state index in [0.717, 1.165) is 10.9 Å². The molecule has 1 aromatic heterocycles. The van der Waals surface area contributed by atoms with E-state index in [9.17, 15) is 4.79 Å². The minimum Gasteiger partial charge on any atom is -0.383 e. The van der Waals surface area contributed by atoms with Crippen molar-refractivity contribution in [3.05, 3.63) is 65.4 Å². The van der Waals surface area contributed by atoms with E-state index in [4.69, 9.17) is 4.74 Å². The van der Waals surface area contributed by atoms with Crippen molar-refractivity contribution in [1.29, 1.82) is 0 Å². The molecule has 0 radical (unpaired) electrons. The molecule has 5 heteroatoms. The third kappa shape index (κ3) is 3.63. The Balaban J connectivity index is 1.83. The Morgan fingerprint density at radius 1 is 1.21 bits per heavy atom. The second kappa shape index (κ2) is 7.27. The van der Waals surface area contributed by atoms with Crippen molar-refractivity contribution < 1.29 is 9.53 Å². The van der Waals surface area contributed by atoms with Crippen molar-refractivity contribution in [3.8, 4) is 0 Å². The molecule has 3 rings (SSSR count). The first-order chi connectivity index (χ1) is 11.7. The van der Waals surface area contributed by atoms with Crippen LogP contribution in [0.2, 0.25) is 0 Å². The summed E-state index contributed by atoms with van der Waals surface area (Å²) >= 11 is 0. The summed E-state index contributed by atoms with van der Waals surface area (Å²) < 4.78 is 6.87. The fourth-order valence-electron chi connectivity index (χ4n) is 2.57. The predicted molar refractivity (Wildman–Crippen MR) is 94.2 cm³/mol. The fourth-order valence-corrected chi connectivity index (χ4v) is 2.57. The van der Waals surface area contributed by atoms with E-state index in [0.29, 0.717) is 25.3 Å². The highest BCUT2D eigenvalue weighted by Crippen LogP contribution is 2.17. The van der Waals surface area contributed by atoms with Crippen molar-refractivity contribution in [2.75, 3.05) is 20.3 Å². The first-order valence-electron chi connectivity index (χ1n) is 7.95. The third-order valence-corrected chi connectivity index (χ3v) is 3.95. The minimum atomic E-state index is -0.1000. The van der Waals surface area contributed by atoms with Gasteiger partial charge in [-0.25, -0.2) is 0 Å². The molecule has 0 atom stereocenters. The Morgan fingerprint density at radius 3 is 2.75 bits per heavy atom. The standard InChI is InChI=1S/C19H21N3O2/c1-14-3-5-15(6-4-14)13-22-18-11-16(7-8-17(18)12-21-22)19(23)20-9-10-24-2/h3-8,11-12H,9-10,13H2,1-2H3,(H,20,23). The molecule has 0 bridgehead atoms. The van der Waals surface area contributed by atoms with Crippen LogP contribution in [0.5, 0.6) is 0 Å². The van der Waals surface area contributed by atoms with E-state index >= 15 is 0 Å². The molecule has 0 aliphatic rings. The lowest BCUT2D eigenvalue weighted by molar-refractivity contribution is 0.0937. The Labute approximate surface area is 141 Å². The topological polar surface area (TPSA) is 56.1 Å². The van der Waals surface area contributed by atoms with Gasteiger partial charge in [-0.15, -0.1) is 0 Å². The van der Waals surface area contributed by atoms with Crippen molar-refractivity contribution >= 4 is 16.8 Å². The van der Waals surface area contributed by atoms with Gasteiger partial charge in [0.25, 0.3) is 5.91 Å². The summed E-state index contributed by atoms with van der Waals surface area (Å²) in [5, 5.41) is 8.32. The van der Waals surface area contributed by atoms with Gasteiger partial charge in [-0.05, 0) is 24.6 Å². The van der Waals surface area contributed by atoms with Gasteiger partial charge in [0.05, 0.1) is 24.9 Å². The van der Waals surface area contributed by atoms with E-state index < -0.39 is 0 Å². The summed E-state index contributed by atoms with van der Waals surface area (Å²) in [7, 11) is 1.61. The molecule has 0 aliphatic heterocycles. The van der Waals surface area contributed by atoms with Crippen LogP contribution in [-0.4, -0.2) is 35.9 Å². The third-order valence-electron chi connectivity index (χ3n) is 3.95. The lowest BCUT2D eigenvalue weighted by atomic mass is 10.1. The molecular weight excluding hydrogens is 302 g/mol. The minimum absolute atomic E-state index is 0.1000. The number of hydrogen-bond acceptors (Lipinski definition) is 3. The number of carbonyl (C=O) groups excluding carboxylic acids is 1. The van der Waals surface area contributed by atoms with E-state index in [1.165, 1.54) is 11.1 Å². The van der Waals surface area contributed by atoms with E-state index in [2.05, 4.69) is 41.6 Å². The van der Waals surface area contributed by atoms with Crippen molar-refractivity contribution in [1.82, 2.24) is 15.1 Å². The number of methoxy groups -OCH3 is 1. The molecule has 0 saturated heterocycles. The van der Waals surface area contributed by atoms with Gasteiger partial charge in [-0.1, -0.05) is 35.9 Å². The van der Waals surface area contributed by atoms with E-state index in [1.807, 2.05) is 29.1 Å². The molecule has 0 unspecified atom stereocenters. The number of aryl methyl sites for hydroxylation is 1. The Bertz CT molecular complexity index is 837. The van der Waals surface area contributed by atoms with Crippen LogP contribution in [-0.2, 0) is 11.3 Å². The Morgan fingerprint density at radius 2 is 2.00 bits per heavy atom. The molecule has 24 heavy (non-hydrogen) atoms. The first kappa shape index (κ1) is 16.2. The Kier molecular flexibility index (Phi) is 4.91. The normalized spacial score (nSPS) is 10.9. The summed E-state index contributed by atoms with van der Waals surface area (Å²) in [4.78, 5) is 12.2. The number of fused-ring (bicyclic) bond motifs is 1. The zero-order valence-electron chi connectivity index (χ0n) is 14.0. The second-order valence-corrected chi connectivity index (χ2v) is 5.81. The molecule has 124 valence electrons. The van der Waals surface area contributed by atoms with E-state index in [-0.39, 0.29) is 5.91 Å². The van der Waals surface area contributed by atoms with Crippen LogP contribution in [0.25, 0.3) is 10.9 Å². The SMILES string of the molecule is COCCNC(=O)c1ccc2cnn(Cc3ccc(C)cc3)c2c1. The highest BCUT2D eigenvalue weighted by Gasteiger charge is 2.09. The summed E-state index contributed by atoms with van der Waals surface area (Å²) in [5.74, 6) is -0.1000. The van der Waals surface area contributed by atoms with Gasteiger partial charge in [0.15, 0.2) is 0 Å². The maximum absolute atomic E-state index is 12.2. The number of amides is 1. The fraction of sp³-hybridized carbons (Fsp3) is 0.263. The summed E-state index contributed by atoms with van der Waals surface area (Å²) in [5.41, 5.74) is 4.00. The number of ether oxygens (including phenoxy) is 1. The molecule has 1 heterocycles. The van der Waals surface area contributed by atoms with Crippen LogP contribution in [0.3, 0.4) is 0 Å². The Hall–Kier alpha value is -2.66. The number of nitrogens with one attached hydrogen (secondary N) is 1. The molecular formula is C19H21N3O2. The average Bonchev–Trinajstić information content (AvgIpc) is 2.99. The number of hydrogen-bond donors (Lipinski definition) is 1. The zero-order chi connectivity index (χ0) is 16.9. The molecule has 0 fully saturated rings. The predicted octanol–water partition coefficient (Wildman–Crippen LogP) is 2.77. The summed E-state index contributed by atoms with van der Waals surface area (Å²) in [6.07, 6.45) is 1.83. The van der Waals surface area contributed by atoms with Gasteiger partial charge in [0, 0.05) is 24.6 Å². The molecule has 3 aromatic rings. The van der Waals surface area contributed by atoms with Crippen LogP contribution in [0.1, 0.15) is 21.5 Å². The summed E-state index contributed by atoms with van der Waals surface area (Å²) in [6, 6.07) is 14.0. The maximum atomic E-state index is 12.2. The largest absolute Gasteiger partial charge is 0.383 e. The monoisotopic (exact) mass is 323 g/mol. The maximum Gasteiger partial charge on any atom is 0.251 e. The molecule has 5 nitrogen and oxygen atoms in total. The van der Waals surface area contributed by atoms with Crippen molar-refractivity contribution in [2.24, 2.45) is 0 Å². The van der Waals surface area contributed by atoms with Crippen LogP contribution >= 0.6 is 0 Å². The molecule has 0 spiro atoms. The smallest absolute Gasteiger partial charge is 0.251 e. The van der Waals surface area contributed by atoms with Gasteiger partial charge in [-0.3, -0.25) is 9.48 Å². The average molecular weight is 323 g/mol. The lowest BCUT2D eigenvalue weighted by Gasteiger charge is -2.07. The number of rotatable bonds is 6. The quantitative estimate of drug-likeness (QED) is 0.710. The van der Waals surface area contributed by atoms with Crippen molar-refractivity contribution in [2.45, 2.75) is 13.5 Å². The molecule has 1 N–H and O–H groups in total. The molecule has 0 aliphatic carbocycles. The number of nitrogens with zero attached hydrogens (tertiary/aromatic N) is 2. The van der Waals surface area contributed by atoms with Crippen LogP contribution in [0, 0.1) is 6.92 Å². The van der Waals surface area contributed by atoms with Crippen molar-refractivity contribution in [3.63, 3.8) is 0 Å². The van der Waals surface area contributed by atoms with Gasteiger partial charge < -0.3 is 10.1 Å². The molecule has 1 amide bonds. The molecule has 0 saturated carbocycles. The zero-order valence-corrected chi connectivity index (χ0v) is 14.0. The van der Waals surface area contributed by atoms with Gasteiger partial charge in [-0.2, -0.15) is 5.10 Å². The van der Waals surface area contributed by atoms with Gasteiger partial charge >= 0.3 is 0 Å². The number of carbonyl (C=O) groups is 1. The van der Waals surface area contributed by atoms with E-state index in [1.54, 1.807) is 7.11 Å². The highest BCUT2D eigenvalue weighted by molar-refractivity contribution is 5.97. The van der Waals surface area contributed by atoms with Crippen LogP contribution in [0.4, 0.5) is 0 Å². The van der Waals surface area contributed by atoms with Crippen LogP contribution < -0.4 is 5.32 Å². The number of benzene rings is 2. The first-order valence-corrected chi connectivity index (χ1v) is 7.95. The van der Waals surface area contributed by atoms with Gasteiger partial charge in [0.2, 0.25) is 0 Å². The van der Waals surface area contributed by atoms with Crippen LogP contribution in [0.15, 0.2) is 48.7 Å². The molecule has 2 aromatic carbocycles. The highest BCUT2D eigenvalue weighted by atomic mass is 16.5. The summed E-state index contributed by atoms with van der Waals surface area (Å²) in [6.45, 7) is 3.75. The number of aromatic nitrogens is 2. The second-order valence-electron chi connectivity index (χ2n) is 5.81. The lowest BCUT2D eigenvalue weighted by Crippen LogP contribution is -2.26. The van der Waals surface area contributed by atoms with Gasteiger partial charge in [0.1, 0.15) is 0 Å².